The molecule has 0 fully saturated rings. The summed E-state index contributed by atoms with van der Waals surface area (Å²) in [6.45, 7) is 7.14. The Morgan fingerprint density at radius 1 is 1.09 bits per heavy atom. The number of hydrogen-bond acceptors (Lipinski definition) is 6. The maximum Gasteiger partial charge on any atom is 0.333 e. The first-order valence-corrected chi connectivity index (χ1v) is 11.7. The van der Waals surface area contributed by atoms with Crippen molar-refractivity contribution in [3.05, 3.63) is 77.9 Å². The molecule has 6 nitrogen and oxygen atoms in total. The van der Waals surface area contributed by atoms with Gasteiger partial charge in [-0.05, 0) is 49.1 Å². The summed E-state index contributed by atoms with van der Waals surface area (Å²) in [5.41, 5.74) is 3.46. The zero-order valence-electron chi connectivity index (χ0n) is 20.2. The van der Waals surface area contributed by atoms with Crippen LogP contribution >= 0.6 is 0 Å². The topological polar surface area (TPSA) is 81.5 Å². The number of rotatable bonds is 12. The number of aryl methyl sites for hydroxylation is 1. The van der Waals surface area contributed by atoms with Crippen LogP contribution in [0.3, 0.4) is 0 Å². The molecule has 1 N–H and O–H groups in total. The van der Waals surface area contributed by atoms with E-state index in [2.05, 4.69) is 23.5 Å². The van der Waals surface area contributed by atoms with Gasteiger partial charge in [0.25, 0.3) is 0 Å². The van der Waals surface area contributed by atoms with Crippen LogP contribution in [0.2, 0.25) is 0 Å². The van der Waals surface area contributed by atoms with E-state index in [-0.39, 0.29) is 25.4 Å². The van der Waals surface area contributed by atoms with Crippen LogP contribution in [0.1, 0.15) is 44.2 Å². The summed E-state index contributed by atoms with van der Waals surface area (Å²) in [5.74, 6) is -0.0425. The van der Waals surface area contributed by atoms with Crippen LogP contribution in [0, 0.1) is 5.82 Å². The molecule has 0 bridgehead atoms. The van der Waals surface area contributed by atoms with Gasteiger partial charge in [0.1, 0.15) is 24.8 Å². The SMILES string of the molecule is C=C(C)C(=O)OCc1cc(-c2ccc(-c3ncc(CCCCC)cn3)cc2F)ccc1OCCO. The first-order chi connectivity index (χ1) is 16.9. The summed E-state index contributed by atoms with van der Waals surface area (Å²) in [6, 6.07) is 9.97. The highest BCUT2D eigenvalue weighted by Crippen LogP contribution is 2.31. The zero-order chi connectivity index (χ0) is 25.2. The van der Waals surface area contributed by atoms with Gasteiger partial charge in [-0.15, -0.1) is 0 Å². The fraction of sp³-hybridized carbons (Fsp3) is 0.321. The number of unbranched alkanes of at least 4 members (excludes halogenated alkanes) is 2. The standard InChI is InChI=1S/C28H31FN2O4/c1-4-5-6-7-20-16-30-27(31-17-20)22-8-10-24(25(29)15-22)21-9-11-26(34-13-12-32)23(14-21)18-35-28(33)19(2)3/h8-11,14-17,32H,2,4-7,12-13,18H2,1,3H3. The summed E-state index contributed by atoms with van der Waals surface area (Å²) in [5, 5.41) is 9.08. The van der Waals surface area contributed by atoms with Crippen molar-refractivity contribution in [3.63, 3.8) is 0 Å². The molecule has 0 aliphatic carbocycles. The van der Waals surface area contributed by atoms with Crippen molar-refractivity contribution in [2.24, 2.45) is 0 Å². The summed E-state index contributed by atoms with van der Waals surface area (Å²) < 4.78 is 25.9. The molecule has 1 heterocycles. The van der Waals surface area contributed by atoms with Gasteiger partial charge in [0.15, 0.2) is 5.82 Å². The van der Waals surface area contributed by atoms with Gasteiger partial charge < -0.3 is 14.6 Å². The lowest BCUT2D eigenvalue weighted by molar-refractivity contribution is -0.140. The van der Waals surface area contributed by atoms with E-state index in [1.165, 1.54) is 12.5 Å². The monoisotopic (exact) mass is 478 g/mol. The predicted molar refractivity (Wildman–Crippen MR) is 133 cm³/mol. The molecule has 0 unspecified atom stereocenters. The first kappa shape index (κ1) is 26.0. The highest BCUT2D eigenvalue weighted by atomic mass is 19.1. The van der Waals surface area contributed by atoms with E-state index in [1.54, 1.807) is 49.6 Å². The molecule has 3 rings (SSSR count). The molecular formula is C28H31FN2O4. The van der Waals surface area contributed by atoms with Crippen LogP contribution in [0.25, 0.3) is 22.5 Å². The van der Waals surface area contributed by atoms with E-state index in [0.717, 1.165) is 24.8 Å². The van der Waals surface area contributed by atoms with Crippen LogP contribution in [0.5, 0.6) is 5.75 Å². The Bertz CT molecular complexity index is 1160. The third-order valence-electron chi connectivity index (χ3n) is 5.43. The van der Waals surface area contributed by atoms with Crippen LogP contribution in [-0.4, -0.2) is 34.3 Å². The Morgan fingerprint density at radius 3 is 2.49 bits per heavy atom. The Labute approximate surface area is 205 Å². The van der Waals surface area contributed by atoms with Crippen LogP contribution < -0.4 is 4.74 Å². The van der Waals surface area contributed by atoms with Gasteiger partial charge in [-0.1, -0.05) is 44.5 Å². The summed E-state index contributed by atoms with van der Waals surface area (Å²) >= 11 is 0. The molecule has 184 valence electrons. The minimum Gasteiger partial charge on any atom is -0.491 e. The van der Waals surface area contributed by atoms with Crippen molar-refractivity contribution >= 4 is 5.97 Å². The molecule has 0 aliphatic rings. The molecule has 2 aromatic carbocycles. The molecule has 7 heteroatoms. The lowest BCUT2D eigenvalue weighted by atomic mass is 10.0. The van der Waals surface area contributed by atoms with Crippen LogP contribution in [0.15, 0.2) is 60.9 Å². The van der Waals surface area contributed by atoms with E-state index in [4.69, 9.17) is 14.6 Å². The number of carbonyl (C=O) groups is 1. The number of aliphatic hydroxyl groups excluding tert-OH is 1. The van der Waals surface area contributed by atoms with Crippen molar-refractivity contribution in [1.82, 2.24) is 9.97 Å². The summed E-state index contributed by atoms with van der Waals surface area (Å²) in [4.78, 5) is 20.7. The van der Waals surface area contributed by atoms with E-state index >= 15 is 4.39 Å². The third-order valence-corrected chi connectivity index (χ3v) is 5.43. The predicted octanol–water partition coefficient (Wildman–Crippen LogP) is 5.67. The second kappa shape index (κ2) is 12.8. The van der Waals surface area contributed by atoms with Gasteiger partial charge in [0.2, 0.25) is 0 Å². The van der Waals surface area contributed by atoms with Crippen LogP contribution in [-0.2, 0) is 22.6 Å². The Kier molecular flexibility index (Phi) is 9.49. The molecule has 0 saturated carbocycles. The van der Waals surface area contributed by atoms with Crippen molar-refractivity contribution in [2.75, 3.05) is 13.2 Å². The van der Waals surface area contributed by atoms with Gasteiger partial charge in [0, 0.05) is 34.7 Å². The second-order valence-electron chi connectivity index (χ2n) is 8.32. The molecule has 0 spiro atoms. The van der Waals surface area contributed by atoms with E-state index in [1.807, 2.05) is 0 Å². The molecule has 0 atom stereocenters. The van der Waals surface area contributed by atoms with E-state index < -0.39 is 11.8 Å². The van der Waals surface area contributed by atoms with Crippen molar-refractivity contribution < 1.29 is 23.8 Å². The van der Waals surface area contributed by atoms with Gasteiger partial charge >= 0.3 is 5.97 Å². The molecule has 0 aliphatic heterocycles. The van der Waals surface area contributed by atoms with Gasteiger partial charge in [-0.2, -0.15) is 0 Å². The molecular weight excluding hydrogens is 447 g/mol. The highest BCUT2D eigenvalue weighted by Gasteiger charge is 2.14. The van der Waals surface area contributed by atoms with E-state index in [0.29, 0.717) is 33.8 Å². The lowest BCUT2D eigenvalue weighted by Crippen LogP contribution is -2.08. The maximum atomic E-state index is 15.1. The number of nitrogens with zero attached hydrogens (tertiary/aromatic N) is 2. The number of esters is 1. The number of hydrogen-bond donors (Lipinski definition) is 1. The number of aromatic nitrogens is 2. The Morgan fingerprint density at radius 2 is 1.83 bits per heavy atom. The Balaban J connectivity index is 1.83. The van der Waals surface area contributed by atoms with Crippen molar-refractivity contribution in [2.45, 2.75) is 46.1 Å². The van der Waals surface area contributed by atoms with Crippen molar-refractivity contribution in [3.8, 4) is 28.3 Å². The number of ether oxygens (including phenoxy) is 2. The number of benzene rings is 2. The molecule has 0 radical (unpaired) electrons. The number of aliphatic hydroxyl groups is 1. The van der Waals surface area contributed by atoms with Gasteiger partial charge in [-0.3, -0.25) is 0 Å². The minimum atomic E-state index is -0.532. The quantitative estimate of drug-likeness (QED) is 0.205. The van der Waals surface area contributed by atoms with Crippen LogP contribution in [0.4, 0.5) is 4.39 Å². The molecule has 3 aromatic rings. The first-order valence-electron chi connectivity index (χ1n) is 11.7. The Hall–Kier alpha value is -3.58. The summed E-state index contributed by atoms with van der Waals surface area (Å²) in [7, 11) is 0. The lowest BCUT2D eigenvalue weighted by Gasteiger charge is -2.14. The smallest absolute Gasteiger partial charge is 0.333 e. The number of carbonyl (C=O) groups excluding carboxylic acids is 1. The maximum absolute atomic E-state index is 15.1. The zero-order valence-corrected chi connectivity index (χ0v) is 20.2. The van der Waals surface area contributed by atoms with Crippen molar-refractivity contribution in [1.29, 1.82) is 0 Å². The largest absolute Gasteiger partial charge is 0.491 e. The molecule has 35 heavy (non-hydrogen) atoms. The summed E-state index contributed by atoms with van der Waals surface area (Å²) in [6.07, 6.45) is 7.95. The number of halogens is 1. The van der Waals surface area contributed by atoms with E-state index in [9.17, 15) is 4.79 Å². The molecule has 0 amide bonds. The fourth-order valence-corrected chi connectivity index (χ4v) is 3.52. The third kappa shape index (κ3) is 7.20. The highest BCUT2D eigenvalue weighted by molar-refractivity contribution is 5.87. The molecule has 0 saturated heterocycles. The van der Waals surface area contributed by atoms with Gasteiger partial charge in [-0.25, -0.2) is 19.2 Å². The van der Waals surface area contributed by atoms with Gasteiger partial charge in [0.05, 0.1) is 6.61 Å². The minimum absolute atomic E-state index is 0.0710. The fourth-order valence-electron chi connectivity index (χ4n) is 3.52. The normalized spacial score (nSPS) is 10.7. The molecule has 1 aromatic heterocycles. The second-order valence-corrected chi connectivity index (χ2v) is 8.32. The average Bonchev–Trinajstić information content (AvgIpc) is 2.86. The average molecular weight is 479 g/mol.